The van der Waals surface area contributed by atoms with Crippen LogP contribution in [-0.2, 0) is 22.7 Å². The van der Waals surface area contributed by atoms with Gasteiger partial charge in [-0.1, -0.05) is 24.3 Å². The van der Waals surface area contributed by atoms with Crippen molar-refractivity contribution < 1.29 is 9.59 Å². The maximum absolute atomic E-state index is 12.9. The van der Waals surface area contributed by atoms with Gasteiger partial charge in [-0.2, -0.15) is 5.26 Å². The molecule has 2 amide bonds. The average molecular weight is 450 g/mol. The van der Waals surface area contributed by atoms with Crippen molar-refractivity contribution in [2.75, 3.05) is 18.0 Å². The molecule has 1 saturated heterocycles. The summed E-state index contributed by atoms with van der Waals surface area (Å²) in [5.41, 5.74) is 5.39. The van der Waals surface area contributed by atoms with Crippen LogP contribution in [0.2, 0.25) is 0 Å². The molecular formula is C24H24ClN5O2. The normalized spacial score (nSPS) is 13.7. The average Bonchev–Trinajstić information content (AvgIpc) is 3.21. The highest BCUT2D eigenvalue weighted by Gasteiger charge is 2.34. The van der Waals surface area contributed by atoms with Crippen LogP contribution in [0.15, 0.2) is 55.0 Å². The molecule has 0 saturated carbocycles. The fourth-order valence-corrected chi connectivity index (χ4v) is 3.78. The minimum absolute atomic E-state index is 0. The van der Waals surface area contributed by atoms with E-state index in [0.717, 1.165) is 28.1 Å². The fourth-order valence-electron chi connectivity index (χ4n) is 3.78. The van der Waals surface area contributed by atoms with Gasteiger partial charge in [-0.15, -0.1) is 12.4 Å². The molecule has 32 heavy (non-hydrogen) atoms. The van der Waals surface area contributed by atoms with E-state index in [-0.39, 0.29) is 12.4 Å². The molecule has 164 valence electrons. The first-order chi connectivity index (χ1) is 15.0. The minimum atomic E-state index is -0.502. The van der Waals surface area contributed by atoms with E-state index < -0.39 is 11.8 Å². The predicted octanol–water partition coefficient (Wildman–Crippen LogP) is 3.22. The van der Waals surface area contributed by atoms with E-state index in [1.165, 1.54) is 0 Å². The van der Waals surface area contributed by atoms with E-state index in [0.29, 0.717) is 31.7 Å². The number of halogens is 1. The Morgan fingerprint density at radius 1 is 1.00 bits per heavy atom. The van der Waals surface area contributed by atoms with Crippen LogP contribution in [-0.4, -0.2) is 39.4 Å². The molecule has 0 spiro atoms. The Kier molecular flexibility index (Phi) is 6.96. The molecule has 4 rings (SSSR count). The Hall–Kier alpha value is -3.63. The van der Waals surface area contributed by atoms with Crippen LogP contribution in [0.3, 0.4) is 0 Å². The number of hydrogen-bond donors (Lipinski definition) is 0. The SMILES string of the molecule is Cc1cccc(N2CCN(Cc3cncn3Cc3ccc(C#N)cc3)C(=O)C2=O)c1C.Cl. The third kappa shape index (κ3) is 4.51. The summed E-state index contributed by atoms with van der Waals surface area (Å²) in [6, 6.07) is 15.3. The molecule has 7 nitrogen and oxygen atoms in total. The van der Waals surface area contributed by atoms with Crippen molar-refractivity contribution in [3.63, 3.8) is 0 Å². The van der Waals surface area contributed by atoms with Gasteiger partial charge in [0.05, 0.1) is 30.2 Å². The highest BCUT2D eigenvalue weighted by Crippen LogP contribution is 2.25. The molecule has 2 aromatic carbocycles. The lowest BCUT2D eigenvalue weighted by Gasteiger charge is -2.34. The summed E-state index contributed by atoms with van der Waals surface area (Å²) in [7, 11) is 0. The first kappa shape index (κ1) is 23.0. The topological polar surface area (TPSA) is 82.2 Å². The number of benzene rings is 2. The molecule has 1 aromatic heterocycles. The monoisotopic (exact) mass is 449 g/mol. The van der Waals surface area contributed by atoms with Crippen molar-refractivity contribution in [3.05, 3.63) is 82.9 Å². The standard InChI is InChI=1S/C24H23N5O2.ClH/c1-17-4-3-5-22(18(17)2)29-11-10-27(23(30)24(29)31)15-21-13-26-16-28(21)14-20-8-6-19(12-25)7-9-20;/h3-9,13,16H,10-11,14-15H2,1-2H3;1H. The second-order valence-corrected chi connectivity index (χ2v) is 7.72. The number of piperazine rings is 1. The molecule has 0 bridgehead atoms. The van der Waals surface area contributed by atoms with Crippen LogP contribution in [0, 0.1) is 25.2 Å². The molecule has 0 unspecified atom stereocenters. The number of nitriles is 1. The van der Waals surface area contributed by atoms with Crippen molar-refractivity contribution in [2.45, 2.75) is 26.9 Å². The second-order valence-electron chi connectivity index (χ2n) is 7.72. The number of aryl methyl sites for hydroxylation is 1. The van der Waals surface area contributed by atoms with Crippen molar-refractivity contribution in [3.8, 4) is 6.07 Å². The van der Waals surface area contributed by atoms with Crippen LogP contribution in [0.1, 0.15) is 27.9 Å². The molecule has 8 heteroatoms. The third-order valence-electron chi connectivity index (χ3n) is 5.76. The van der Waals surface area contributed by atoms with E-state index in [2.05, 4.69) is 11.1 Å². The fraction of sp³-hybridized carbons (Fsp3) is 0.250. The summed E-state index contributed by atoms with van der Waals surface area (Å²) in [4.78, 5) is 33.1. The molecule has 3 aromatic rings. The molecule has 2 heterocycles. The van der Waals surface area contributed by atoms with Gasteiger partial charge in [0.25, 0.3) is 0 Å². The van der Waals surface area contributed by atoms with E-state index in [1.807, 2.05) is 48.7 Å². The van der Waals surface area contributed by atoms with Gasteiger partial charge in [-0.05, 0) is 48.7 Å². The first-order valence-electron chi connectivity index (χ1n) is 10.1. The second kappa shape index (κ2) is 9.67. The number of aromatic nitrogens is 2. The number of amides is 2. The van der Waals surface area contributed by atoms with Crippen molar-refractivity contribution in [1.29, 1.82) is 5.26 Å². The van der Waals surface area contributed by atoms with Gasteiger partial charge in [-0.25, -0.2) is 4.98 Å². The Morgan fingerprint density at radius 3 is 2.47 bits per heavy atom. The van der Waals surface area contributed by atoms with Gasteiger partial charge in [0.1, 0.15) is 0 Å². The Labute approximate surface area is 193 Å². The van der Waals surface area contributed by atoms with Gasteiger partial charge in [0, 0.05) is 31.5 Å². The molecule has 0 radical (unpaired) electrons. The summed E-state index contributed by atoms with van der Waals surface area (Å²) >= 11 is 0. The quantitative estimate of drug-likeness (QED) is 0.560. The van der Waals surface area contributed by atoms with Crippen molar-refractivity contribution in [2.24, 2.45) is 0 Å². The van der Waals surface area contributed by atoms with Gasteiger partial charge < -0.3 is 14.4 Å². The minimum Gasteiger partial charge on any atom is -0.329 e. The van der Waals surface area contributed by atoms with Crippen molar-refractivity contribution >= 4 is 29.9 Å². The lowest BCUT2D eigenvalue weighted by atomic mass is 10.1. The van der Waals surface area contributed by atoms with Crippen molar-refractivity contribution in [1.82, 2.24) is 14.5 Å². The maximum Gasteiger partial charge on any atom is 0.316 e. The summed E-state index contributed by atoms with van der Waals surface area (Å²) < 4.78 is 1.95. The molecule has 0 aliphatic carbocycles. The highest BCUT2D eigenvalue weighted by molar-refractivity contribution is 6.41. The number of carbonyl (C=O) groups is 2. The van der Waals surface area contributed by atoms with E-state index in [4.69, 9.17) is 5.26 Å². The summed E-state index contributed by atoms with van der Waals surface area (Å²) in [6.07, 6.45) is 3.44. The Balaban J connectivity index is 0.00000289. The van der Waals surface area contributed by atoms with E-state index >= 15 is 0 Å². The van der Waals surface area contributed by atoms with Gasteiger partial charge >= 0.3 is 11.8 Å². The van der Waals surface area contributed by atoms with Crippen LogP contribution in [0.5, 0.6) is 0 Å². The van der Waals surface area contributed by atoms with Crippen LogP contribution >= 0.6 is 12.4 Å². The number of carbonyl (C=O) groups excluding carboxylic acids is 2. The molecule has 0 atom stereocenters. The summed E-state index contributed by atoms with van der Waals surface area (Å²) in [5, 5.41) is 8.94. The molecule has 1 aliphatic heterocycles. The number of nitrogens with zero attached hydrogens (tertiary/aromatic N) is 5. The highest BCUT2D eigenvalue weighted by atomic mass is 35.5. The first-order valence-corrected chi connectivity index (χ1v) is 10.1. The zero-order valence-corrected chi connectivity index (χ0v) is 18.8. The van der Waals surface area contributed by atoms with Gasteiger partial charge in [-0.3, -0.25) is 9.59 Å². The van der Waals surface area contributed by atoms with E-state index in [9.17, 15) is 9.59 Å². The molecule has 1 aliphatic rings. The largest absolute Gasteiger partial charge is 0.329 e. The smallest absolute Gasteiger partial charge is 0.316 e. The van der Waals surface area contributed by atoms with Crippen LogP contribution in [0.25, 0.3) is 0 Å². The predicted molar refractivity (Wildman–Crippen MR) is 123 cm³/mol. The van der Waals surface area contributed by atoms with E-state index in [1.54, 1.807) is 34.5 Å². The summed E-state index contributed by atoms with van der Waals surface area (Å²) in [5.74, 6) is -1.00. The lowest BCUT2D eigenvalue weighted by molar-refractivity contribution is -0.146. The number of hydrogen-bond acceptors (Lipinski definition) is 4. The molecule has 1 fully saturated rings. The van der Waals surface area contributed by atoms with Crippen LogP contribution < -0.4 is 4.90 Å². The summed E-state index contributed by atoms with van der Waals surface area (Å²) in [6.45, 7) is 5.78. The lowest BCUT2D eigenvalue weighted by Crippen LogP contribution is -2.54. The number of rotatable bonds is 5. The third-order valence-corrected chi connectivity index (χ3v) is 5.76. The molecular weight excluding hydrogens is 426 g/mol. The van der Waals surface area contributed by atoms with Crippen LogP contribution in [0.4, 0.5) is 5.69 Å². The molecule has 0 N–H and O–H groups in total. The Morgan fingerprint density at radius 2 is 1.75 bits per heavy atom. The Bertz CT molecular complexity index is 1180. The van der Waals surface area contributed by atoms with Gasteiger partial charge in [0.2, 0.25) is 0 Å². The number of imidazole rings is 1. The number of anilines is 1. The zero-order valence-electron chi connectivity index (χ0n) is 18.0. The zero-order chi connectivity index (χ0) is 22.0. The van der Waals surface area contributed by atoms with Gasteiger partial charge in [0.15, 0.2) is 0 Å². The maximum atomic E-state index is 12.9.